The summed E-state index contributed by atoms with van der Waals surface area (Å²) in [5.74, 6) is 0.501. The molecule has 2 heterocycles. The summed E-state index contributed by atoms with van der Waals surface area (Å²) >= 11 is 5.71. The number of rotatable bonds is 8. The molecule has 0 spiro atoms. The van der Waals surface area contributed by atoms with Gasteiger partial charge in [0, 0.05) is 31.5 Å². The SMILES string of the molecule is CCc1ccc(C2NC(=S)N(CCCOC)C(C)=C2c2nc(-c3ccc(F)cc3)no2)cc1. The molecule has 1 aliphatic rings. The number of methoxy groups -OCH3 is 1. The van der Waals surface area contributed by atoms with Gasteiger partial charge in [0.05, 0.1) is 11.6 Å². The minimum atomic E-state index is -0.312. The van der Waals surface area contributed by atoms with Crippen LogP contribution >= 0.6 is 12.2 Å². The third kappa shape index (κ3) is 4.96. The van der Waals surface area contributed by atoms with Crippen molar-refractivity contribution >= 4 is 22.9 Å². The van der Waals surface area contributed by atoms with Crippen molar-refractivity contribution in [2.24, 2.45) is 0 Å². The molecule has 6 nitrogen and oxygen atoms in total. The van der Waals surface area contributed by atoms with Gasteiger partial charge in [-0.15, -0.1) is 0 Å². The van der Waals surface area contributed by atoms with Crippen LogP contribution in [0.4, 0.5) is 4.39 Å². The Balaban J connectivity index is 1.75. The van der Waals surface area contributed by atoms with E-state index in [1.807, 2.05) is 11.8 Å². The van der Waals surface area contributed by atoms with Gasteiger partial charge in [0.2, 0.25) is 5.82 Å². The summed E-state index contributed by atoms with van der Waals surface area (Å²) in [6, 6.07) is 14.2. The van der Waals surface area contributed by atoms with E-state index < -0.39 is 0 Å². The third-order valence-corrected chi connectivity index (χ3v) is 6.14. The fourth-order valence-corrected chi connectivity index (χ4v) is 4.29. The molecule has 172 valence electrons. The number of ether oxygens (including phenoxy) is 1. The van der Waals surface area contributed by atoms with E-state index in [0.29, 0.717) is 35.5 Å². The van der Waals surface area contributed by atoms with E-state index in [-0.39, 0.29) is 11.9 Å². The molecule has 1 atom stereocenters. The maximum Gasteiger partial charge on any atom is 0.258 e. The number of aromatic nitrogens is 2. The number of thiocarbonyl (C=S) groups is 1. The highest BCUT2D eigenvalue weighted by molar-refractivity contribution is 7.80. The van der Waals surface area contributed by atoms with Crippen LogP contribution in [0.25, 0.3) is 17.0 Å². The lowest BCUT2D eigenvalue weighted by Gasteiger charge is -2.37. The molecule has 1 aliphatic heterocycles. The molecule has 0 bridgehead atoms. The summed E-state index contributed by atoms with van der Waals surface area (Å²) in [4.78, 5) is 6.70. The average Bonchev–Trinajstić information content (AvgIpc) is 3.31. The second kappa shape index (κ2) is 10.2. The van der Waals surface area contributed by atoms with Gasteiger partial charge in [-0.3, -0.25) is 0 Å². The third-order valence-electron chi connectivity index (χ3n) is 5.81. The lowest BCUT2D eigenvalue weighted by molar-refractivity contribution is 0.188. The Labute approximate surface area is 198 Å². The van der Waals surface area contributed by atoms with Crippen LogP contribution in [0.5, 0.6) is 0 Å². The molecule has 1 aromatic heterocycles. The average molecular weight is 467 g/mol. The number of halogens is 1. The van der Waals surface area contributed by atoms with Gasteiger partial charge in [-0.05, 0) is 67.4 Å². The molecule has 0 fully saturated rings. The highest BCUT2D eigenvalue weighted by Crippen LogP contribution is 2.37. The first-order valence-corrected chi connectivity index (χ1v) is 11.4. The first-order valence-electron chi connectivity index (χ1n) is 11.0. The first-order chi connectivity index (χ1) is 16.0. The number of hydrogen-bond donors (Lipinski definition) is 1. The standard InChI is InChI=1S/C25H27FN4O2S/c1-4-17-6-8-18(9-7-17)22-21(16(2)30(25(33)27-22)14-5-15-31-3)24-28-23(29-32-24)19-10-12-20(26)13-11-19/h6-13,22H,4-5,14-15H2,1-3H3,(H,27,33). The minimum Gasteiger partial charge on any atom is -0.385 e. The van der Waals surface area contributed by atoms with Crippen molar-refractivity contribution in [2.75, 3.05) is 20.3 Å². The summed E-state index contributed by atoms with van der Waals surface area (Å²) in [5.41, 5.74) is 4.82. The van der Waals surface area contributed by atoms with E-state index in [2.05, 4.69) is 46.6 Å². The molecule has 1 N–H and O–H groups in total. The fraction of sp³-hybridized carbons (Fsp3) is 0.320. The number of benzene rings is 2. The number of hydrogen-bond acceptors (Lipinski definition) is 5. The van der Waals surface area contributed by atoms with E-state index >= 15 is 0 Å². The van der Waals surface area contributed by atoms with Crippen LogP contribution in [0.15, 0.2) is 58.8 Å². The van der Waals surface area contributed by atoms with Gasteiger partial charge >= 0.3 is 0 Å². The summed E-state index contributed by atoms with van der Waals surface area (Å²) in [6.07, 6.45) is 1.79. The monoisotopic (exact) mass is 466 g/mol. The number of allylic oxidation sites excluding steroid dienone is 1. The zero-order valence-corrected chi connectivity index (χ0v) is 19.8. The maximum absolute atomic E-state index is 13.3. The molecule has 0 amide bonds. The molecule has 33 heavy (non-hydrogen) atoms. The van der Waals surface area contributed by atoms with Crippen molar-refractivity contribution in [3.05, 3.63) is 77.1 Å². The summed E-state index contributed by atoms with van der Waals surface area (Å²) in [6.45, 7) is 5.49. The zero-order valence-electron chi connectivity index (χ0n) is 19.0. The van der Waals surface area contributed by atoms with Crippen LogP contribution < -0.4 is 5.32 Å². The Kier molecular flexibility index (Phi) is 7.15. The van der Waals surface area contributed by atoms with Gasteiger partial charge in [-0.2, -0.15) is 4.98 Å². The molecular weight excluding hydrogens is 439 g/mol. The Bertz CT molecular complexity index is 1140. The van der Waals surface area contributed by atoms with Gasteiger partial charge in [-0.25, -0.2) is 4.39 Å². The van der Waals surface area contributed by atoms with Crippen LogP contribution in [0, 0.1) is 5.82 Å². The van der Waals surface area contributed by atoms with E-state index in [0.717, 1.165) is 29.7 Å². The Morgan fingerprint density at radius 3 is 2.55 bits per heavy atom. The van der Waals surface area contributed by atoms with Crippen molar-refractivity contribution in [3.63, 3.8) is 0 Å². The zero-order chi connectivity index (χ0) is 23.4. The van der Waals surface area contributed by atoms with Crippen molar-refractivity contribution in [1.82, 2.24) is 20.4 Å². The van der Waals surface area contributed by atoms with Crippen molar-refractivity contribution in [2.45, 2.75) is 32.7 Å². The van der Waals surface area contributed by atoms with Crippen LogP contribution in [0.3, 0.4) is 0 Å². The van der Waals surface area contributed by atoms with Gasteiger partial charge in [0.15, 0.2) is 5.11 Å². The second-order valence-electron chi connectivity index (χ2n) is 7.90. The van der Waals surface area contributed by atoms with Crippen LogP contribution in [-0.2, 0) is 11.2 Å². The second-order valence-corrected chi connectivity index (χ2v) is 8.29. The maximum atomic E-state index is 13.3. The predicted octanol–water partition coefficient (Wildman–Crippen LogP) is 5.14. The Morgan fingerprint density at radius 2 is 1.88 bits per heavy atom. The van der Waals surface area contributed by atoms with Gasteiger partial charge in [0.25, 0.3) is 5.89 Å². The fourth-order valence-electron chi connectivity index (χ4n) is 3.94. The summed E-state index contributed by atoms with van der Waals surface area (Å²) in [5, 5.41) is 8.27. The molecular formula is C25H27FN4O2S. The first kappa shape index (κ1) is 23.1. The number of nitrogens with zero attached hydrogens (tertiary/aromatic N) is 3. The molecule has 0 aliphatic carbocycles. The molecule has 0 radical (unpaired) electrons. The Morgan fingerprint density at radius 1 is 1.15 bits per heavy atom. The lowest BCUT2D eigenvalue weighted by Crippen LogP contribution is -2.46. The van der Waals surface area contributed by atoms with Crippen molar-refractivity contribution in [1.29, 1.82) is 0 Å². The van der Waals surface area contributed by atoms with E-state index in [1.54, 1.807) is 19.2 Å². The normalized spacial score (nSPS) is 16.3. The van der Waals surface area contributed by atoms with E-state index in [9.17, 15) is 4.39 Å². The molecule has 0 saturated carbocycles. The topological polar surface area (TPSA) is 63.4 Å². The molecule has 3 aromatic rings. The van der Waals surface area contributed by atoms with Crippen LogP contribution in [-0.4, -0.2) is 40.4 Å². The largest absolute Gasteiger partial charge is 0.385 e. The highest BCUT2D eigenvalue weighted by Gasteiger charge is 2.33. The molecule has 0 saturated heterocycles. The molecule has 1 unspecified atom stereocenters. The minimum absolute atomic E-state index is 0.233. The molecule has 8 heteroatoms. The molecule has 4 rings (SSSR count). The van der Waals surface area contributed by atoms with Gasteiger partial charge in [0.1, 0.15) is 5.82 Å². The smallest absolute Gasteiger partial charge is 0.258 e. The summed E-state index contributed by atoms with van der Waals surface area (Å²) < 4.78 is 24.3. The van der Waals surface area contributed by atoms with Gasteiger partial charge < -0.3 is 19.5 Å². The summed E-state index contributed by atoms with van der Waals surface area (Å²) in [7, 11) is 1.69. The molecule has 2 aromatic carbocycles. The lowest BCUT2D eigenvalue weighted by atomic mass is 9.94. The van der Waals surface area contributed by atoms with E-state index in [4.69, 9.17) is 21.5 Å². The predicted molar refractivity (Wildman–Crippen MR) is 130 cm³/mol. The van der Waals surface area contributed by atoms with Crippen LogP contribution in [0.2, 0.25) is 0 Å². The van der Waals surface area contributed by atoms with Gasteiger partial charge in [-0.1, -0.05) is 36.3 Å². The quantitative estimate of drug-likeness (QED) is 0.364. The van der Waals surface area contributed by atoms with Crippen molar-refractivity contribution < 1.29 is 13.7 Å². The number of nitrogens with one attached hydrogen (secondary N) is 1. The van der Waals surface area contributed by atoms with Crippen LogP contribution in [0.1, 0.15) is 43.3 Å². The van der Waals surface area contributed by atoms with E-state index in [1.165, 1.54) is 17.7 Å². The highest BCUT2D eigenvalue weighted by atomic mass is 32.1. The number of aryl methyl sites for hydroxylation is 1. The van der Waals surface area contributed by atoms with Crippen molar-refractivity contribution in [3.8, 4) is 11.4 Å². The Hall–Kier alpha value is -3.10.